The first-order valence-corrected chi connectivity index (χ1v) is 7.63. The van der Waals surface area contributed by atoms with Crippen molar-refractivity contribution >= 4 is 11.6 Å². The smallest absolute Gasteiger partial charge is 0.253 e. The molecule has 5 heteroatoms. The highest BCUT2D eigenvalue weighted by molar-refractivity contribution is 5.94. The highest BCUT2D eigenvalue weighted by Crippen LogP contribution is 2.17. The molecule has 0 spiro atoms. The molecule has 1 amide bonds. The van der Waals surface area contributed by atoms with Crippen LogP contribution in [0.1, 0.15) is 18.4 Å². The molecule has 1 N–H and O–H groups in total. The van der Waals surface area contributed by atoms with Gasteiger partial charge in [-0.2, -0.15) is 0 Å². The molecule has 0 bridgehead atoms. The van der Waals surface area contributed by atoms with E-state index in [0.717, 1.165) is 51.4 Å². The van der Waals surface area contributed by atoms with Gasteiger partial charge in [0.25, 0.3) is 5.91 Å². The largest absolute Gasteiger partial charge is 0.379 e. The summed E-state index contributed by atoms with van der Waals surface area (Å²) >= 11 is 0. The van der Waals surface area contributed by atoms with E-state index in [2.05, 4.69) is 16.3 Å². The Morgan fingerprint density at radius 2 is 2.14 bits per heavy atom. The lowest BCUT2D eigenvalue weighted by Crippen LogP contribution is -2.35. The zero-order valence-electron chi connectivity index (χ0n) is 12.2. The number of benzene rings is 1. The van der Waals surface area contributed by atoms with Crippen molar-refractivity contribution < 1.29 is 14.3 Å². The van der Waals surface area contributed by atoms with Gasteiger partial charge in [-0.1, -0.05) is 12.1 Å². The zero-order valence-corrected chi connectivity index (χ0v) is 12.2. The lowest BCUT2D eigenvalue weighted by molar-refractivity contribution is -0.124. The molecule has 2 aliphatic rings. The second-order valence-corrected chi connectivity index (χ2v) is 5.58. The van der Waals surface area contributed by atoms with Crippen molar-refractivity contribution in [2.75, 3.05) is 38.2 Å². The summed E-state index contributed by atoms with van der Waals surface area (Å²) in [5.74, 6) is -0.0315. The number of nitrogens with one attached hydrogen (secondary N) is 1. The van der Waals surface area contributed by atoms with Crippen LogP contribution < -0.4 is 5.32 Å². The Balaban J connectivity index is 1.58. The third-order valence-corrected chi connectivity index (χ3v) is 3.93. The monoisotopic (exact) mass is 290 g/mol. The molecule has 0 saturated carbocycles. The van der Waals surface area contributed by atoms with Crippen LogP contribution in [0.4, 0.5) is 5.69 Å². The maximum atomic E-state index is 12.1. The first-order chi connectivity index (χ1) is 10.3. The predicted octanol–water partition coefficient (Wildman–Crippen LogP) is 1.64. The SMILES string of the molecule is O=C(Nc1cccc(CN2CCOCC2)c1)[C@@H]1CCCO1. The number of ether oxygens (including phenoxy) is 2. The molecule has 21 heavy (non-hydrogen) atoms. The molecule has 5 nitrogen and oxygen atoms in total. The van der Waals surface area contributed by atoms with Crippen molar-refractivity contribution in [3.8, 4) is 0 Å². The van der Waals surface area contributed by atoms with E-state index in [9.17, 15) is 4.79 Å². The maximum Gasteiger partial charge on any atom is 0.253 e. The molecule has 2 aliphatic heterocycles. The highest BCUT2D eigenvalue weighted by Gasteiger charge is 2.23. The second-order valence-electron chi connectivity index (χ2n) is 5.58. The van der Waals surface area contributed by atoms with Crippen molar-refractivity contribution in [1.29, 1.82) is 0 Å². The molecular formula is C16H22N2O3. The van der Waals surface area contributed by atoms with Crippen molar-refractivity contribution in [2.24, 2.45) is 0 Å². The van der Waals surface area contributed by atoms with Gasteiger partial charge in [0.2, 0.25) is 0 Å². The Morgan fingerprint density at radius 3 is 2.90 bits per heavy atom. The summed E-state index contributed by atoms with van der Waals surface area (Å²) in [4.78, 5) is 14.4. The minimum absolute atomic E-state index is 0.0315. The predicted molar refractivity (Wildman–Crippen MR) is 80.1 cm³/mol. The standard InChI is InChI=1S/C16H22N2O3/c19-16(15-5-2-8-21-15)17-14-4-1-3-13(11-14)12-18-6-9-20-10-7-18/h1,3-4,11,15H,2,5-10,12H2,(H,17,19)/t15-/m0/s1. The lowest BCUT2D eigenvalue weighted by Gasteiger charge is -2.26. The molecule has 1 aromatic carbocycles. The number of carbonyl (C=O) groups is 1. The Kier molecular flexibility index (Phi) is 4.85. The van der Waals surface area contributed by atoms with E-state index in [-0.39, 0.29) is 12.0 Å². The topological polar surface area (TPSA) is 50.8 Å². The van der Waals surface area contributed by atoms with Gasteiger partial charge in [0.05, 0.1) is 13.2 Å². The van der Waals surface area contributed by atoms with Gasteiger partial charge in [-0.05, 0) is 30.5 Å². The van der Waals surface area contributed by atoms with Gasteiger partial charge in [0.1, 0.15) is 6.10 Å². The quantitative estimate of drug-likeness (QED) is 0.916. The Hall–Kier alpha value is -1.43. The summed E-state index contributed by atoms with van der Waals surface area (Å²) in [5, 5.41) is 2.95. The van der Waals surface area contributed by atoms with Gasteiger partial charge < -0.3 is 14.8 Å². The van der Waals surface area contributed by atoms with Gasteiger partial charge >= 0.3 is 0 Å². The minimum atomic E-state index is -0.284. The Morgan fingerprint density at radius 1 is 1.29 bits per heavy atom. The van der Waals surface area contributed by atoms with Crippen LogP contribution in [0.3, 0.4) is 0 Å². The van der Waals surface area contributed by atoms with E-state index in [1.807, 2.05) is 18.2 Å². The van der Waals surface area contributed by atoms with Gasteiger partial charge in [0.15, 0.2) is 0 Å². The number of amides is 1. The van der Waals surface area contributed by atoms with Crippen molar-refractivity contribution in [3.05, 3.63) is 29.8 Å². The number of morpholine rings is 1. The van der Waals surface area contributed by atoms with Gasteiger partial charge in [-0.3, -0.25) is 9.69 Å². The fraction of sp³-hybridized carbons (Fsp3) is 0.562. The number of anilines is 1. The number of hydrogen-bond acceptors (Lipinski definition) is 4. The molecule has 1 aromatic rings. The summed E-state index contributed by atoms with van der Waals surface area (Å²) in [7, 11) is 0. The highest BCUT2D eigenvalue weighted by atomic mass is 16.5. The third kappa shape index (κ3) is 4.03. The molecular weight excluding hydrogens is 268 g/mol. The molecule has 1 atom stereocenters. The van der Waals surface area contributed by atoms with Crippen LogP contribution in [0.25, 0.3) is 0 Å². The van der Waals surface area contributed by atoms with Crippen LogP contribution >= 0.6 is 0 Å². The van der Waals surface area contributed by atoms with E-state index in [4.69, 9.17) is 9.47 Å². The van der Waals surface area contributed by atoms with E-state index in [1.54, 1.807) is 0 Å². The average Bonchev–Trinajstić information content (AvgIpc) is 3.03. The molecule has 2 heterocycles. The minimum Gasteiger partial charge on any atom is -0.379 e. The van der Waals surface area contributed by atoms with Crippen LogP contribution in [0.2, 0.25) is 0 Å². The lowest BCUT2D eigenvalue weighted by atomic mass is 10.1. The average molecular weight is 290 g/mol. The molecule has 2 saturated heterocycles. The second kappa shape index (κ2) is 7.02. The van der Waals surface area contributed by atoms with Crippen LogP contribution in [-0.4, -0.2) is 49.8 Å². The van der Waals surface area contributed by atoms with Crippen molar-refractivity contribution in [2.45, 2.75) is 25.5 Å². The summed E-state index contributed by atoms with van der Waals surface area (Å²) < 4.78 is 10.8. The van der Waals surface area contributed by atoms with Gasteiger partial charge in [-0.25, -0.2) is 0 Å². The Labute approximate surface area is 125 Å². The van der Waals surface area contributed by atoms with E-state index < -0.39 is 0 Å². The molecule has 0 unspecified atom stereocenters. The zero-order chi connectivity index (χ0) is 14.5. The Bertz CT molecular complexity index is 480. The number of carbonyl (C=O) groups excluding carboxylic acids is 1. The molecule has 3 rings (SSSR count). The molecule has 2 fully saturated rings. The van der Waals surface area contributed by atoms with Crippen molar-refractivity contribution in [3.63, 3.8) is 0 Å². The van der Waals surface area contributed by atoms with E-state index in [1.165, 1.54) is 5.56 Å². The van der Waals surface area contributed by atoms with Crippen LogP contribution in [0, 0.1) is 0 Å². The number of nitrogens with zero attached hydrogens (tertiary/aromatic N) is 1. The molecule has 114 valence electrons. The molecule has 0 radical (unpaired) electrons. The maximum absolute atomic E-state index is 12.1. The van der Waals surface area contributed by atoms with Gasteiger partial charge in [0, 0.05) is 31.9 Å². The summed E-state index contributed by atoms with van der Waals surface area (Å²) in [6, 6.07) is 8.05. The van der Waals surface area contributed by atoms with Crippen LogP contribution in [-0.2, 0) is 20.8 Å². The summed E-state index contributed by atoms with van der Waals surface area (Å²) in [6.07, 6.45) is 1.50. The summed E-state index contributed by atoms with van der Waals surface area (Å²) in [6.45, 7) is 5.12. The fourth-order valence-corrected chi connectivity index (χ4v) is 2.77. The fourth-order valence-electron chi connectivity index (χ4n) is 2.77. The normalized spacial score (nSPS) is 23.1. The number of hydrogen-bond donors (Lipinski definition) is 1. The van der Waals surface area contributed by atoms with E-state index >= 15 is 0 Å². The summed E-state index contributed by atoms with van der Waals surface area (Å²) in [5.41, 5.74) is 2.06. The third-order valence-electron chi connectivity index (χ3n) is 3.93. The molecule has 0 aromatic heterocycles. The first kappa shape index (κ1) is 14.5. The van der Waals surface area contributed by atoms with Crippen molar-refractivity contribution in [1.82, 2.24) is 4.90 Å². The van der Waals surface area contributed by atoms with E-state index in [0.29, 0.717) is 6.61 Å². The van der Waals surface area contributed by atoms with Gasteiger partial charge in [-0.15, -0.1) is 0 Å². The number of rotatable bonds is 4. The first-order valence-electron chi connectivity index (χ1n) is 7.63. The molecule has 0 aliphatic carbocycles. The van der Waals surface area contributed by atoms with Crippen LogP contribution in [0.15, 0.2) is 24.3 Å². The van der Waals surface area contributed by atoms with Crippen LogP contribution in [0.5, 0.6) is 0 Å².